The molecular weight excluding hydrogens is 240 g/mol. The molecule has 2 aliphatic rings. The second kappa shape index (κ2) is 5.41. The summed E-state index contributed by atoms with van der Waals surface area (Å²) in [5, 5.41) is 0. The number of alkyl halides is 2. The molecule has 0 aromatic carbocycles. The number of hydrogen-bond donors (Lipinski definition) is 0. The van der Waals surface area contributed by atoms with E-state index in [1.807, 2.05) is 0 Å². The van der Waals surface area contributed by atoms with Gasteiger partial charge < -0.3 is 9.64 Å². The first-order valence-electron chi connectivity index (χ1n) is 6.72. The summed E-state index contributed by atoms with van der Waals surface area (Å²) in [6.07, 6.45) is 0.801. The normalized spacial score (nSPS) is 31.2. The largest absolute Gasteiger partial charge is 0.443 e. The molecule has 104 valence electrons. The van der Waals surface area contributed by atoms with Crippen LogP contribution in [-0.4, -0.2) is 36.1 Å². The van der Waals surface area contributed by atoms with E-state index in [4.69, 9.17) is 0 Å². The van der Waals surface area contributed by atoms with E-state index in [-0.39, 0.29) is 12.1 Å². The molecule has 2 aliphatic heterocycles. The van der Waals surface area contributed by atoms with Crippen molar-refractivity contribution in [3.05, 3.63) is 0 Å². The Morgan fingerprint density at radius 1 is 1.28 bits per heavy atom. The average Bonchev–Trinajstić information content (AvgIpc) is 2.56. The molecule has 0 N–H and O–H groups in total. The number of carbonyl (C=O) groups excluding carboxylic acids is 1. The molecule has 0 aromatic heterocycles. The molecule has 0 spiro atoms. The van der Waals surface area contributed by atoms with Gasteiger partial charge in [0.15, 0.2) is 6.61 Å². The maximum atomic E-state index is 12.0. The van der Waals surface area contributed by atoms with Crippen LogP contribution in [0, 0.1) is 11.8 Å². The Bertz CT molecular complexity index is 295. The van der Waals surface area contributed by atoms with Gasteiger partial charge in [-0.05, 0) is 37.5 Å². The van der Waals surface area contributed by atoms with Crippen molar-refractivity contribution in [3.8, 4) is 0 Å². The lowest BCUT2D eigenvalue weighted by Gasteiger charge is -2.39. The van der Waals surface area contributed by atoms with Gasteiger partial charge in [0.05, 0.1) is 0 Å². The quantitative estimate of drug-likeness (QED) is 0.780. The minimum Gasteiger partial charge on any atom is -0.443 e. The maximum absolute atomic E-state index is 12.0. The zero-order valence-electron chi connectivity index (χ0n) is 10.9. The SMILES string of the molecule is CC(C)C1CC2CCC(C1)N2C(=O)OCC(F)F. The van der Waals surface area contributed by atoms with Gasteiger partial charge in [-0.3, -0.25) is 0 Å². The van der Waals surface area contributed by atoms with Crippen molar-refractivity contribution < 1.29 is 18.3 Å². The highest BCUT2D eigenvalue weighted by Crippen LogP contribution is 2.41. The smallest absolute Gasteiger partial charge is 0.410 e. The fourth-order valence-electron chi connectivity index (χ4n) is 3.27. The second-order valence-corrected chi connectivity index (χ2v) is 5.74. The lowest BCUT2D eigenvalue weighted by molar-refractivity contribution is 0.0109. The molecule has 1 amide bonds. The molecule has 2 unspecified atom stereocenters. The second-order valence-electron chi connectivity index (χ2n) is 5.74. The van der Waals surface area contributed by atoms with Crippen molar-refractivity contribution in [3.63, 3.8) is 0 Å². The van der Waals surface area contributed by atoms with Crippen molar-refractivity contribution in [2.24, 2.45) is 11.8 Å². The van der Waals surface area contributed by atoms with Crippen LogP contribution in [0.1, 0.15) is 39.5 Å². The summed E-state index contributed by atoms with van der Waals surface area (Å²) in [6.45, 7) is 3.62. The Morgan fingerprint density at radius 3 is 2.28 bits per heavy atom. The van der Waals surface area contributed by atoms with Crippen LogP contribution < -0.4 is 0 Å². The van der Waals surface area contributed by atoms with Crippen LogP contribution in [0.15, 0.2) is 0 Å². The highest BCUT2D eigenvalue weighted by molar-refractivity contribution is 5.69. The van der Waals surface area contributed by atoms with Gasteiger partial charge in [0, 0.05) is 12.1 Å². The van der Waals surface area contributed by atoms with E-state index < -0.39 is 19.1 Å². The van der Waals surface area contributed by atoms with Gasteiger partial charge in [-0.15, -0.1) is 0 Å². The Morgan fingerprint density at radius 2 is 1.83 bits per heavy atom. The van der Waals surface area contributed by atoms with Gasteiger partial charge in [0.25, 0.3) is 6.43 Å². The van der Waals surface area contributed by atoms with Crippen LogP contribution >= 0.6 is 0 Å². The monoisotopic (exact) mass is 261 g/mol. The van der Waals surface area contributed by atoms with Crippen molar-refractivity contribution in [1.82, 2.24) is 4.90 Å². The molecule has 2 fully saturated rings. The molecule has 3 nitrogen and oxygen atoms in total. The number of carbonyl (C=O) groups is 1. The summed E-state index contributed by atoms with van der Waals surface area (Å²) in [7, 11) is 0. The number of halogens is 2. The molecule has 2 bridgehead atoms. The highest BCUT2D eigenvalue weighted by atomic mass is 19.3. The van der Waals surface area contributed by atoms with Crippen LogP contribution in [-0.2, 0) is 4.74 Å². The van der Waals surface area contributed by atoms with Crippen molar-refractivity contribution in [2.45, 2.75) is 58.0 Å². The van der Waals surface area contributed by atoms with E-state index in [9.17, 15) is 13.6 Å². The van der Waals surface area contributed by atoms with Crippen LogP contribution in [0.25, 0.3) is 0 Å². The summed E-state index contributed by atoms with van der Waals surface area (Å²) in [6, 6.07) is 0.391. The highest BCUT2D eigenvalue weighted by Gasteiger charge is 2.44. The Hall–Kier alpha value is -0.870. The van der Waals surface area contributed by atoms with E-state index in [1.54, 1.807) is 4.90 Å². The number of amides is 1. The third kappa shape index (κ3) is 2.75. The topological polar surface area (TPSA) is 29.5 Å². The van der Waals surface area contributed by atoms with E-state index >= 15 is 0 Å². The standard InChI is InChI=1S/C13H21F2NO2/c1-8(2)9-5-10-3-4-11(6-9)16(10)13(17)18-7-12(14)15/h8-12H,3-7H2,1-2H3. The van der Waals surface area contributed by atoms with Crippen LogP contribution in [0.5, 0.6) is 0 Å². The minimum absolute atomic E-state index is 0.196. The zero-order chi connectivity index (χ0) is 13.3. The lowest BCUT2D eigenvalue weighted by Crippen LogP contribution is -2.47. The maximum Gasteiger partial charge on any atom is 0.410 e. The Balaban J connectivity index is 1.94. The summed E-state index contributed by atoms with van der Waals surface area (Å²) < 4.78 is 28.7. The van der Waals surface area contributed by atoms with Crippen molar-refractivity contribution >= 4 is 6.09 Å². The van der Waals surface area contributed by atoms with Gasteiger partial charge in [-0.2, -0.15) is 0 Å². The minimum atomic E-state index is -2.58. The zero-order valence-corrected chi connectivity index (χ0v) is 10.9. The molecule has 5 heteroatoms. The lowest BCUT2D eigenvalue weighted by atomic mass is 9.83. The molecule has 2 atom stereocenters. The molecule has 0 saturated carbocycles. The van der Waals surface area contributed by atoms with Crippen LogP contribution in [0.3, 0.4) is 0 Å². The van der Waals surface area contributed by atoms with Crippen molar-refractivity contribution in [1.29, 1.82) is 0 Å². The molecule has 18 heavy (non-hydrogen) atoms. The predicted molar refractivity (Wildman–Crippen MR) is 63.6 cm³/mol. The molecule has 2 saturated heterocycles. The van der Waals surface area contributed by atoms with E-state index in [1.165, 1.54) is 0 Å². The number of hydrogen-bond acceptors (Lipinski definition) is 2. The van der Waals surface area contributed by atoms with E-state index in [0.717, 1.165) is 25.7 Å². The van der Waals surface area contributed by atoms with Crippen LogP contribution in [0.4, 0.5) is 13.6 Å². The van der Waals surface area contributed by atoms with Gasteiger partial charge in [0.2, 0.25) is 0 Å². The van der Waals surface area contributed by atoms with Gasteiger partial charge in [-0.25, -0.2) is 13.6 Å². The Labute approximate surface area is 106 Å². The van der Waals surface area contributed by atoms with Gasteiger partial charge >= 0.3 is 6.09 Å². The first-order chi connectivity index (χ1) is 8.49. The fraction of sp³-hybridized carbons (Fsp3) is 0.923. The average molecular weight is 261 g/mol. The fourth-order valence-corrected chi connectivity index (χ4v) is 3.27. The third-order valence-electron chi connectivity index (χ3n) is 4.26. The third-order valence-corrected chi connectivity index (χ3v) is 4.26. The van der Waals surface area contributed by atoms with Crippen LogP contribution in [0.2, 0.25) is 0 Å². The first-order valence-corrected chi connectivity index (χ1v) is 6.72. The molecule has 2 heterocycles. The summed E-state index contributed by atoms with van der Waals surface area (Å²) >= 11 is 0. The molecule has 0 aliphatic carbocycles. The first kappa shape index (κ1) is 13.6. The predicted octanol–water partition coefficient (Wildman–Crippen LogP) is 3.29. The van der Waals surface area contributed by atoms with Gasteiger partial charge in [0.1, 0.15) is 0 Å². The van der Waals surface area contributed by atoms with Gasteiger partial charge in [-0.1, -0.05) is 13.8 Å². The van der Waals surface area contributed by atoms with E-state index in [0.29, 0.717) is 11.8 Å². The molecule has 2 rings (SSSR count). The van der Waals surface area contributed by atoms with Crippen molar-refractivity contribution in [2.75, 3.05) is 6.61 Å². The number of piperidine rings is 1. The summed E-state index contributed by atoms with van der Waals surface area (Å²) in [5.74, 6) is 1.26. The van der Waals surface area contributed by atoms with E-state index in [2.05, 4.69) is 18.6 Å². The summed E-state index contributed by atoms with van der Waals surface area (Å²) in [4.78, 5) is 13.5. The molecule has 0 radical (unpaired) electrons. The Kier molecular flexibility index (Phi) is 4.07. The number of fused-ring (bicyclic) bond motifs is 2. The number of ether oxygens (including phenoxy) is 1. The number of nitrogens with zero attached hydrogens (tertiary/aromatic N) is 1. The summed E-state index contributed by atoms with van der Waals surface area (Å²) in [5.41, 5.74) is 0. The number of rotatable bonds is 3. The molecular formula is C13H21F2NO2. The molecule has 0 aromatic rings.